The van der Waals surface area contributed by atoms with Crippen LogP contribution in [0.5, 0.6) is 11.5 Å². The van der Waals surface area contributed by atoms with E-state index in [1.54, 1.807) is 24.3 Å². The van der Waals surface area contributed by atoms with Crippen molar-refractivity contribution in [2.45, 2.75) is 26.2 Å². The third kappa shape index (κ3) is 5.11. The fourth-order valence-electron chi connectivity index (χ4n) is 2.96. The van der Waals surface area contributed by atoms with E-state index in [2.05, 4.69) is 26.0 Å². The van der Waals surface area contributed by atoms with Gasteiger partial charge in [-0.3, -0.25) is 9.59 Å². The van der Waals surface area contributed by atoms with Crippen LogP contribution in [0.2, 0.25) is 5.02 Å². The average Bonchev–Trinajstić information content (AvgIpc) is 2.71. The Kier molecular flexibility index (Phi) is 6.90. The van der Waals surface area contributed by atoms with E-state index in [0.717, 1.165) is 4.47 Å². The van der Waals surface area contributed by atoms with E-state index in [1.165, 1.54) is 18.0 Å². The topological polar surface area (TPSA) is 109 Å². The van der Waals surface area contributed by atoms with E-state index >= 15 is 0 Å². The highest BCUT2D eigenvalue weighted by Crippen LogP contribution is 2.36. The summed E-state index contributed by atoms with van der Waals surface area (Å²) in [7, 11) is 1.44. The van der Waals surface area contributed by atoms with Gasteiger partial charge in [0, 0.05) is 9.89 Å². The van der Waals surface area contributed by atoms with Crippen molar-refractivity contribution in [2.24, 2.45) is 10.8 Å². The Morgan fingerprint density at radius 3 is 2.66 bits per heavy atom. The predicted octanol–water partition coefficient (Wildman–Crippen LogP) is 3.86. The maximum absolute atomic E-state index is 13.2. The molecule has 0 aliphatic carbocycles. The first-order valence-electron chi connectivity index (χ1n) is 9.57. The van der Waals surface area contributed by atoms with E-state index in [4.69, 9.17) is 26.8 Å². The number of halogens is 2. The molecule has 0 atom stereocenters. The third-order valence-electron chi connectivity index (χ3n) is 4.41. The van der Waals surface area contributed by atoms with Crippen molar-refractivity contribution in [2.75, 3.05) is 13.7 Å². The fraction of sp³-hybridized carbons (Fsp3) is 0.273. The van der Waals surface area contributed by atoms with Gasteiger partial charge in [-0.25, -0.2) is 4.98 Å². The van der Waals surface area contributed by atoms with Gasteiger partial charge in [-0.15, -0.1) is 0 Å². The van der Waals surface area contributed by atoms with Crippen molar-refractivity contribution in [3.63, 3.8) is 0 Å². The number of rotatable bonds is 6. The number of amides is 1. The van der Waals surface area contributed by atoms with Crippen LogP contribution in [0.15, 0.2) is 44.7 Å². The molecule has 1 heterocycles. The van der Waals surface area contributed by atoms with Crippen LogP contribution in [0.3, 0.4) is 0 Å². The van der Waals surface area contributed by atoms with Crippen LogP contribution in [-0.2, 0) is 10.2 Å². The summed E-state index contributed by atoms with van der Waals surface area (Å²) in [6.45, 7) is 5.52. The molecule has 8 nitrogen and oxygen atoms in total. The third-order valence-corrected chi connectivity index (χ3v) is 5.19. The van der Waals surface area contributed by atoms with Gasteiger partial charge in [-0.05, 0) is 35.9 Å². The molecule has 10 heteroatoms. The zero-order valence-corrected chi connectivity index (χ0v) is 20.3. The van der Waals surface area contributed by atoms with Gasteiger partial charge in [-0.1, -0.05) is 48.3 Å². The van der Waals surface area contributed by atoms with Gasteiger partial charge in [0.15, 0.2) is 18.1 Å². The number of methoxy groups -OCH3 is 1. The normalized spacial score (nSPS) is 11.8. The molecule has 3 rings (SSSR count). The number of fused-ring (bicyclic) bond motifs is 1. The molecule has 0 aliphatic heterocycles. The summed E-state index contributed by atoms with van der Waals surface area (Å²) < 4.78 is 12.7. The molecule has 2 N–H and O–H groups in total. The molecule has 1 aromatic heterocycles. The van der Waals surface area contributed by atoms with Crippen LogP contribution >= 0.6 is 27.5 Å². The zero-order chi connectivity index (χ0) is 23.6. The summed E-state index contributed by atoms with van der Waals surface area (Å²) in [5.74, 6) is 0.352. The van der Waals surface area contributed by atoms with Crippen LogP contribution in [-0.4, -0.2) is 35.5 Å². The predicted molar refractivity (Wildman–Crippen MR) is 128 cm³/mol. The molecule has 0 radical (unpaired) electrons. The molecule has 168 valence electrons. The van der Waals surface area contributed by atoms with Crippen LogP contribution in [0, 0.1) is 0 Å². The SMILES string of the molecule is COc1cc(C=Nn2c(C(C)(C)C)nc3ccc(Br)cc3c2=O)cc(Cl)c1OCC(N)=O. The Hall–Kier alpha value is -2.91. The Balaban J connectivity index is 2.12. The van der Waals surface area contributed by atoms with Gasteiger partial charge < -0.3 is 15.2 Å². The molecule has 0 fully saturated rings. The van der Waals surface area contributed by atoms with Gasteiger partial charge >= 0.3 is 0 Å². The van der Waals surface area contributed by atoms with Crippen molar-refractivity contribution in [3.8, 4) is 11.5 Å². The lowest BCUT2D eigenvalue weighted by Crippen LogP contribution is -2.29. The minimum Gasteiger partial charge on any atom is -0.493 e. The summed E-state index contributed by atoms with van der Waals surface area (Å²) in [6, 6.07) is 8.55. The molecular formula is C22H22BrClN4O4. The molecule has 0 aliphatic rings. The molecule has 2 aromatic carbocycles. The van der Waals surface area contributed by atoms with Crippen LogP contribution in [0.4, 0.5) is 0 Å². The molecule has 0 saturated heterocycles. The lowest BCUT2D eigenvalue weighted by Gasteiger charge is -2.21. The second kappa shape index (κ2) is 9.30. The first-order valence-corrected chi connectivity index (χ1v) is 10.7. The number of benzene rings is 2. The number of hydrogen-bond donors (Lipinski definition) is 1. The molecule has 0 saturated carbocycles. The van der Waals surface area contributed by atoms with Crippen molar-refractivity contribution >= 4 is 50.6 Å². The van der Waals surface area contributed by atoms with Crippen molar-refractivity contribution in [1.82, 2.24) is 9.66 Å². The molecule has 3 aromatic rings. The maximum atomic E-state index is 13.2. The zero-order valence-electron chi connectivity index (χ0n) is 18.0. The molecule has 0 bridgehead atoms. The minimum atomic E-state index is -0.640. The van der Waals surface area contributed by atoms with E-state index in [9.17, 15) is 9.59 Å². The summed E-state index contributed by atoms with van der Waals surface area (Å²) >= 11 is 9.70. The average molecular weight is 522 g/mol. The van der Waals surface area contributed by atoms with Crippen LogP contribution < -0.4 is 20.8 Å². The van der Waals surface area contributed by atoms with Crippen molar-refractivity contribution < 1.29 is 14.3 Å². The summed E-state index contributed by atoms with van der Waals surface area (Å²) in [5.41, 5.74) is 5.53. The number of carbonyl (C=O) groups is 1. The van der Waals surface area contributed by atoms with Crippen molar-refractivity contribution in [1.29, 1.82) is 0 Å². The summed E-state index contributed by atoms with van der Waals surface area (Å²) in [5, 5.41) is 5.06. The van der Waals surface area contributed by atoms with Gasteiger partial charge in [0.1, 0.15) is 5.82 Å². The van der Waals surface area contributed by atoms with Crippen LogP contribution in [0.25, 0.3) is 10.9 Å². The van der Waals surface area contributed by atoms with Crippen molar-refractivity contribution in [3.05, 3.63) is 61.6 Å². The highest BCUT2D eigenvalue weighted by atomic mass is 79.9. The number of aromatic nitrogens is 2. The van der Waals surface area contributed by atoms with Crippen LogP contribution in [0.1, 0.15) is 32.2 Å². The molecule has 1 amide bonds. The van der Waals surface area contributed by atoms with Gasteiger partial charge in [0.05, 0.1) is 29.2 Å². The monoisotopic (exact) mass is 520 g/mol. The van der Waals surface area contributed by atoms with E-state index < -0.39 is 11.3 Å². The largest absolute Gasteiger partial charge is 0.493 e. The fourth-order valence-corrected chi connectivity index (χ4v) is 3.60. The summed E-state index contributed by atoms with van der Waals surface area (Å²) in [6.07, 6.45) is 1.48. The summed E-state index contributed by atoms with van der Waals surface area (Å²) in [4.78, 5) is 28.9. The second-order valence-electron chi connectivity index (χ2n) is 8.00. The van der Waals surface area contributed by atoms with Gasteiger partial charge in [0.2, 0.25) is 0 Å². The number of hydrogen-bond acceptors (Lipinski definition) is 6. The van der Waals surface area contributed by atoms with E-state index in [-0.39, 0.29) is 22.9 Å². The quantitative estimate of drug-likeness (QED) is 0.495. The Morgan fingerprint density at radius 2 is 2.03 bits per heavy atom. The van der Waals surface area contributed by atoms with Gasteiger partial charge in [-0.2, -0.15) is 9.78 Å². The Bertz CT molecular complexity index is 1280. The minimum absolute atomic E-state index is 0.190. The number of primary amides is 1. The number of nitrogens with zero attached hydrogens (tertiary/aromatic N) is 3. The molecule has 0 unspecified atom stereocenters. The highest BCUT2D eigenvalue weighted by molar-refractivity contribution is 9.10. The lowest BCUT2D eigenvalue weighted by atomic mass is 9.95. The molecule has 0 spiro atoms. The van der Waals surface area contributed by atoms with E-state index in [0.29, 0.717) is 28.0 Å². The van der Waals surface area contributed by atoms with Gasteiger partial charge in [0.25, 0.3) is 11.5 Å². The highest BCUT2D eigenvalue weighted by Gasteiger charge is 2.23. The number of nitrogens with two attached hydrogens (primary N) is 1. The smallest absolute Gasteiger partial charge is 0.282 e. The first kappa shape index (κ1) is 23.7. The number of ether oxygens (including phenoxy) is 2. The molecular weight excluding hydrogens is 500 g/mol. The lowest BCUT2D eigenvalue weighted by molar-refractivity contribution is -0.119. The molecule has 32 heavy (non-hydrogen) atoms. The Morgan fingerprint density at radius 1 is 1.31 bits per heavy atom. The van der Waals surface area contributed by atoms with E-state index in [1.807, 2.05) is 26.8 Å². The Labute approximate surface area is 198 Å². The first-order chi connectivity index (χ1) is 15.0. The number of carbonyl (C=O) groups excluding carboxylic acids is 1. The standard InChI is InChI=1S/C22H22BrClN4O4/c1-22(2,3)21-27-16-6-5-13(23)9-14(16)20(30)28(21)26-10-12-7-15(24)19(17(8-12)31-4)32-11-18(25)29/h5-10H,11H2,1-4H3,(H2,25,29). The maximum Gasteiger partial charge on any atom is 0.282 e. The second-order valence-corrected chi connectivity index (χ2v) is 9.32.